The molecule has 2 aromatic carbocycles. The van der Waals surface area contributed by atoms with Crippen LogP contribution < -0.4 is 10.2 Å². The summed E-state index contributed by atoms with van der Waals surface area (Å²) in [5.41, 5.74) is 3.57. The predicted molar refractivity (Wildman–Crippen MR) is 90.8 cm³/mol. The first-order valence-electron chi connectivity index (χ1n) is 7.77. The van der Waals surface area contributed by atoms with Gasteiger partial charge in [0.15, 0.2) is 0 Å². The van der Waals surface area contributed by atoms with E-state index in [1.807, 2.05) is 12.1 Å². The Bertz CT molecular complexity index is 606. The fraction of sp³-hybridized carbons (Fsp3) is 0.333. The van der Waals surface area contributed by atoms with Crippen LogP contribution in [-0.2, 0) is 6.54 Å². The standard InChI is InChI=1S/C18H23N3O/c1-20(16-5-7-18(22)8-6-16)17-4-2-3-15(13-17)14-21-11-9-19-10-12-21/h2-8,13,19,22H,9-12,14H2,1H3. The second-order valence-corrected chi connectivity index (χ2v) is 5.77. The first kappa shape index (κ1) is 14.9. The molecule has 0 bridgehead atoms. The quantitative estimate of drug-likeness (QED) is 0.910. The number of rotatable bonds is 4. The highest BCUT2D eigenvalue weighted by atomic mass is 16.3. The third-order valence-corrected chi connectivity index (χ3v) is 4.15. The molecule has 4 nitrogen and oxygen atoms in total. The monoisotopic (exact) mass is 297 g/mol. The van der Waals surface area contributed by atoms with Gasteiger partial charge in [-0.1, -0.05) is 12.1 Å². The number of benzene rings is 2. The van der Waals surface area contributed by atoms with E-state index in [0.29, 0.717) is 5.75 Å². The van der Waals surface area contributed by atoms with Crippen molar-refractivity contribution in [3.63, 3.8) is 0 Å². The molecule has 0 spiro atoms. The van der Waals surface area contributed by atoms with Crippen molar-refractivity contribution in [3.8, 4) is 5.75 Å². The summed E-state index contributed by atoms with van der Waals surface area (Å²) in [6.07, 6.45) is 0. The van der Waals surface area contributed by atoms with Gasteiger partial charge in [0, 0.05) is 51.1 Å². The van der Waals surface area contributed by atoms with Gasteiger partial charge < -0.3 is 15.3 Å². The Kier molecular flexibility index (Phi) is 4.61. The highest BCUT2D eigenvalue weighted by Crippen LogP contribution is 2.26. The summed E-state index contributed by atoms with van der Waals surface area (Å²) in [7, 11) is 2.05. The van der Waals surface area contributed by atoms with Gasteiger partial charge in [0.25, 0.3) is 0 Å². The smallest absolute Gasteiger partial charge is 0.115 e. The van der Waals surface area contributed by atoms with Crippen LogP contribution >= 0.6 is 0 Å². The molecular weight excluding hydrogens is 274 g/mol. The van der Waals surface area contributed by atoms with Gasteiger partial charge in [-0.25, -0.2) is 0 Å². The van der Waals surface area contributed by atoms with E-state index in [-0.39, 0.29) is 0 Å². The first-order valence-corrected chi connectivity index (χ1v) is 7.77. The van der Waals surface area contributed by atoms with Crippen LogP contribution in [0, 0.1) is 0 Å². The lowest BCUT2D eigenvalue weighted by atomic mass is 10.1. The summed E-state index contributed by atoms with van der Waals surface area (Å²) in [5.74, 6) is 0.296. The third-order valence-electron chi connectivity index (χ3n) is 4.15. The van der Waals surface area contributed by atoms with Crippen molar-refractivity contribution in [3.05, 3.63) is 54.1 Å². The molecule has 1 heterocycles. The van der Waals surface area contributed by atoms with Crippen molar-refractivity contribution in [2.75, 3.05) is 38.1 Å². The minimum Gasteiger partial charge on any atom is -0.508 e. The Balaban J connectivity index is 1.73. The van der Waals surface area contributed by atoms with Crippen molar-refractivity contribution in [2.24, 2.45) is 0 Å². The molecule has 4 heteroatoms. The van der Waals surface area contributed by atoms with Crippen LogP contribution in [0.5, 0.6) is 5.75 Å². The van der Waals surface area contributed by atoms with Gasteiger partial charge in [-0.05, 0) is 42.0 Å². The summed E-state index contributed by atoms with van der Waals surface area (Å²) in [6, 6.07) is 16.0. The number of nitrogens with zero attached hydrogens (tertiary/aromatic N) is 2. The van der Waals surface area contributed by atoms with Gasteiger partial charge >= 0.3 is 0 Å². The van der Waals surface area contributed by atoms with Crippen LogP contribution in [0.3, 0.4) is 0 Å². The van der Waals surface area contributed by atoms with E-state index in [1.54, 1.807) is 12.1 Å². The Labute approximate surface area is 132 Å². The molecule has 0 amide bonds. The Hall–Kier alpha value is -2.04. The largest absolute Gasteiger partial charge is 0.508 e. The maximum absolute atomic E-state index is 9.41. The van der Waals surface area contributed by atoms with Crippen LogP contribution in [0.15, 0.2) is 48.5 Å². The lowest BCUT2D eigenvalue weighted by molar-refractivity contribution is 0.233. The second-order valence-electron chi connectivity index (χ2n) is 5.77. The number of nitrogens with one attached hydrogen (secondary N) is 1. The van der Waals surface area contributed by atoms with Crippen molar-refractivity contribution < 1.29 is 5.11 Å². The number of piperazine rings is 1. The summed E-state index contributed by atoms with van der Waals surface area (Å²) in [5, 5.41) is 12.8. The number of phenolic OH excluding ortho intramolecular Hbond substituents is 1. The predicted octanol–water partition coefficient (Wildman–Crippen LogP) is 2.57. The first-order chi connectivity index (χ1) is 10.7. The molecule has 0 aromatic heterocycles. The van der Waals surface area contributed by atoms with Crippen molar-refractivity contribution in [1.82, 2.24) is 10.2 Å². The number of aromatic hydroxyl groups is 1. The molecule has 0 atom stereocenters. The molecule has 3 rings (SSSR count). The van der Waals surface area contributed by atoms with Gasteiger partial charge in [-0.2, -0.15) is 0 Å². The second kappa shape index (κ2) is 6.81. The number of hydrogen-bond donors (Lipinski definition) is 2. The van der Waals surface area contributed by atoms with E-state index in [4.69, 9.17) is 0 Å². The van der Waals surface area contributed by atoms with E-state index in [9.17, 15) is 5.11 Å². The molecule has 1 aliphatic heterocycles. The summed E-state index contributed by atoms with van der Waals surface area (Å²) >= 11 is 0. The van der Waals surface area contributed by atoms with Gasteiger partial charge in [-0.3, -0.25) is 4.90 Å². The van der Waals surface area contributed by atoms with E-state index < -0.39 is 0 Å². The van der Waals surface area contributed by atoms with Crippen molar-refractivity contribution in [1.29, 1.82) is 0 Å². The topological polar surface area (TPSA) is 38.7 Å². The molecular formula is C18H23N3O. The van der Waals surface area contributed by atoms with Gasteiger partial charge in [0.2, 0.25) is 0 Å². The molecule has 2 aromatic rings. The number of hydrogen-bond acceptors (Lipinski definition) is 4. The number of phenols is 1. The van der Waals surface area contributed by atoms with E-state index in [0.717, 1.165) is 38.4 Å². The minimum atomic E-state index is 0.296. The lowest BCUT2D eigenvalue weighted by Crippen LogP contribution is -2.42. The highest BCUT2D eigenvalue weighted by Gasteiger charge is 2.11. The molecule has 0 aliphatic carbocycles. The fourth-order valence-electron chi connectivity index (χ4n) is 2.82. The highest BCUT2D eigenvalue weighted by molar-refractivity contribution is 5.63. The van der Waals surface area contributed by atoms with E-state index in [2.05, 4.69) is 46.4 Å². The third kappa shape index (κ3) is 3.59. The van der Waals surface area contributed by atoms with Crippen LogP contribution in [0.1, 0.15) is 5.56 Å². The maximum Gasteiger partial charge on any atom is 0.115 e. The molecule has 116 valence electrons. The summed E-state index contributed by atoms with van der Waals surface area (Å²) in [6.45, 7) is 5.37. The molecule has 0 unspecified atom stereocenters. The average molecular weight is 297 g/mol. The normalized spacial score (nSPS) is 15.7. The van der Waals surface area contributed by atoms with Gasteiger partial charge in [0.1, 0.15) is 5.75 Å². The van der Waals surface area contributed by atoms with E-state index in [1.165, 1.54) is 11.3 Å². The van der Waals surface area contributed by atoms with Crippen molar-refractivity contribution >= 4 is 11.4 Å². The zero-order valence-corrected chi connectivity index (χ0v) is 13.0. The zero-order chi connectivity index (χ0) is 15.4. The molecule has 0 radical (unpaired) electrons. The minimum absolute atomic E-state index is 0.296. The van der Waals surface area contributed by atoms with Gasteiger partial charge in [0.05, 0.1) is 0 Å². The van der Waals surface area contributed by atoms with Crippen molar-refractivity contribution in [2.45, 2.75) is 6.54 Å². The number of anilines is 2. The zero-order valence-electron chi connectivity index (χ0n) is 13.0. The Morgan fingerprint density at radius 2 is 1.77 bits per heavy atom. The van der Waals surface area contributed by atoms with Crippen LogP contribution in [0.25, 0.3) is 0 Å². The summed E-state index contributed by atoms with van der Waals surface area (Å²) < 4.78 is 0. The van der Waals surface area contributed by atoms with Gasteiger partial charge in [-0.15, -0.1) is 0 Å². The van der Waals surface area contributed by atoms with Crippen LogP contribution in [-0.4, -0.2) is 43.2 Å². The average Bonchev–Trinajstić information content (AvgIpc) is 2.56. The Morgan fingerprint density at radius 3 is 2.50 bits per heavy atom. The Morgan fingerprint density at radius 1 is 1.05 bits per heavy atom. The lowest BCUT2D eigenvalue weighted by Gasteiger charge is -2.27. The molecule has 0 saturated carbocycles. The molecule has 1 saturated heterocycles. The van der Waals surface area contributed by atoms with Crippen LogP contribution in [0.4, 0.5) is 11.4 Å². The molecule has 1 aliphatic rings. The van der Waals surface area contributed by atoms with E-state index >= 15 is 0 Å². The molecule has 2 N–H and O–H groups in total. The molecule has 22 heavy (non-hydrogen) atoms. The maximum atomic E-state index is 9.41. The fourth-order valence-corrected chi connectivity index (χ4v) is 2.82. The van der Waals surface area contributed by atoms with Crippen LogP contribution in [0.2, 0.25) is 0 Å². The summed E-state index contributed by atoms with van der Waals surface area (Å²) in [4.78, 5) is 4.62. The SMILES string of the molecule is CN(c1ccc(O)cc1)c1cccc(CN2CCNCC2)c1. The molecule has 1 fully saturated rings.